The Hall–Kier alpha value is 0.200. The van der Waals surface area contributed by atoms with Crippen molar-refractivity contribution in [2.24, 2.45) is 23.7 Å². The minimum absolute atomic E-state index is 0. The first kappa shape index (κ1) is 17.2. The van der Waals surface area contributed by atoms with Crippen molar-refractivity contribution in [2.45, 2.75) is 39.5 Å². The van der Waals surface area contributed by atoms with Gasteiger partial charge in [0.1, 0.15) is 0 Å². The number of carbonyl (C=O) groups is 2. The van der Waals surface area contributed by atoms with Crippen LogP contribution in [0, 0.1) is 23.7 Å². The molecule has 0 saturated heterocycles. The summed E-state index contributed by atoms with van der Waals surface area (Å²) in [5, 5.41) is 18.0. The van der Waals surface area contributed by atoms with Gasteiger partial charge in [0.25, 0.3) is 0 Å². The molecule has 1 fully saturated rings. The maximum atomic E-state index is 11.0. The summed E-state index contributed by atoms with van der Waals surface area (Å²) in [5.41, 5.74) is 0. The molecule has 3 atom stereocenters. The molecular weight excluding hydrogens is 248 g/mol. The summed E-state index contributed by atoms with van der Waals surface area (Å²) in [6.45, 7) is 4.22. The van der Waals surface area contributed by atoms with E-state index in [0.29, 0.717) is 24.7 Å². The molecule has 4 nitrogen and oxygen atoms in total. The second-order valence-electron chi connectivity index (χ2n) is 5.20. The molecular formula is C12H22CaO4. The van der Waals surface area contributed by atoms with Crippen molar-refractivity contribution < 1.29 is 19.8 Å². The van der Waals surface area contributed by atoms with Gasteiger partial charge in [0.15, 0.2) is 0 Å². The quantitative estimate of drug-likeness (QED) is 0.756. The Balaban J connectivity index is 0.00000256. The maximum absolute atomic E-state index is 11.0. The molecule has 0 heterocycles. The number of hydrogen-bond donors (Lipinski definition) is 2. The SMILES string of the molecule is CC(C)CC1CCC(C(=O)O)C(C(=O)O)C1.[CaH2]. The Morgan fingerprint density at radius 3 is 2.06 bits per heavy atom. The molecule has 0 amide bonds. The minimum atomic E-state index is -0.963. The fourth-order valence-electron chi connectivity index (χ4n) is 2.71. The second kappa shape index (κ2) is 7.59. The van der Waals surface area contributed by atoms with Crippen LogP contribution in [0.15, 0.2) is 0 Å². The zero-order valence-corrected chi connectivity index (χ0v) is 9.85. The zero-order valence-electron chi connectivity index (χ0n) is 9.85. The molecule has 0 spiro atoms. The molecule has 0 aromatic carbocycles. The number of carboxylic acids is 2. The average Bonchev–Trinajstić information content (AvgIpc) is 2.16. The van der Waals surface area contributed by atoms with Gasteiger partial charge in [-0.25, -0.2) is 0 Å². The van der Waals surface area contributed by atoms with Crippen LogP contribution in [0.2, 0.25) is 0 Å². The number of carboxylic acid groups (broad SMARTS) is 2. The van der Waals surface area contributed by atoms with E-state index in [9.17, 15) is 9.59 Å². The normalized spacial score (nSPS) is 28.5. The van der Waals surface area contributed by atoms with Gasteiger partial charge in [-0.15, -0.1) is 0 Å². The van der Waals surface area contributed by atoms with Gasteiger partial charge in [0, 0.05) is 0 Å². The van der Waals surface area contributed by atoms with Gasteiger partial charge >= 0.3 is 49.7 Å². The molecule has 1 rings (SSSR count). The van der Waals surface area contributed by atoms with Crippen molar-refractivity contribution in [1.29, 1.82) is 0 Å². The van der Waals surface area contributed by atoms with E-state index >= 15 is 0 Å². The molecule has 0 aliphatic heterocycles. The molecule has 17 heavy (non-hydrogen) atoms. The fraction of sp³-hybridized carbons (Fsp3) is 0.833. The monoisotopic (exact) mass is 270 g/mol. The molecule has 3 unspecified atom stereocenters. The number of rotatable bonds is 4. The second-order valence-corrected chi connectivity index (χ2v) is 5.20. The first-order chi connectivity index (χ1) is 7.41. The summed E-state index contributed by atoms with van der Waals surface area (Å²) in [6.07, 6.45) is 2.86. The molecule has 2 N–H and O–H groups in total. The van der Waals surface area contributed by atoms with E-state index in [0.717, 1.165) is 12.8 Å². The first-order valence-corrected chi connectivity index (χ1v) is 5.87. The molecule has 1 aliphatic rings. The summed E-state index contributed by atoms with van der Waals surface area (Å²) < 4.78 is 0. The van der Waals surface area contributed by atoms with Gasteiger partial charge in [-0.1, -0.05) is 13.8 Å². The molecule has 96 valence electrons. The molecule has 1 saturated carbocycles. The van der Waals surface area contributed by atoms with E-state index < -0.39 is 23.8 Å². The van der Waals surface area contributed by atoms with Crippen LogP contribution in [-0.4, -0.2) is 59.9 Å². The van der Waals surface area contributed by atoms with E-state index in [1.807, 2.05) is 0 Å². The van der Waals surface area contributed by atoms with E-state index in [2.05, 4.69) is 13.8 Å². The van der Waals surface area contributed by atoms with E-state index in [1.54, 1.807) is 0 Å². The summed E-state index contributed by atoms with van der Waals surface area (Å²) in [5.74, 6) is -2.40. The van der Waals surface area contributed by atoms with Crippen LogP contribution in [0.3, 0.4) is 0 Å². The van der Waals surface area contributed by atoms with E-state index in [1.165, 1.54) is 0 Å². The first-order valence-electron chi connectivity index (χ1n) is 5.87. The van der Waals surface area contributed by atoms with Crippen LogP contribution in [0.1, 0.15) is 39.5 Å². The number of hydrogen-bond acceptors (Lipinski definition) is 2. The van der Waals surface area contributed by atoms with Crippen molar-refractivity contribution in [1.82, 2.24) is 0 Å². The standard InChI is InChI=1S/C12H20O4.Ca.2H/c1-7(2)5-8-3-4-9(11(13)14)10(6-8)12(15)16;;;/h7-10H,3-6H2,1-2H3,(H,13,14)(H,15,16);;;. The van der Waals surface area contributed by atoms with Crippen molar-refractivity contribution in [3.8, 4) is 0 Å². The summed E-state index contributed by atoms with van der Waals surface area (Å²) in [6, 6.07) is 0. The Bertz CT molecular complexity index is 278. The Kier molecular flexibility index (Phi) is 7.68. The van der Waals surface area contributed by atoms with E-state index in [-0.39, 0.29) is 37.7 Å². The predicted octanol–water partition coefficient (Wildman–Crippen LogP) is 1.32. The van der Waals surface area contributed by atoms with Crippen LogP contribution in [0.5, 0.6) is 0 Å². The number of aliphatic carboxylic acids is 2. The van der Waals surface area contributed by atoms with Gasteiger partial charge in [-0.05, 0) is 37.5 Å². The molecule has 5 heteroatoms. The Morgan fingerprint density at radius 1 is 1.12 bits per heavy atom. The van der Waals surface area contributed by atoms with Gasteiger partial charge in [-0.3, -0.25) is 9.59 Å². The topological polar surface area (TPSA) is 74.6 Å². The third kappa shape index (κ3) is 5.14. The van der Waals surface area contributed by atoms with Crippen LogP contribution in [0.4, 0.5) is 0 Å². The van der Waals surface area contributed by atoms with Crippen LogP contribution in [-0.2, 0) is 9.59 Å². The zero-order chi connectivity index (χ0) is 12.3. The molecule has 0 aromatic rings. The average molecular weight is 270 g/mol. The summed E-state index contributed by atoms with van der Waals surface area (Å²) in [4.78, 5) is 22.0. The molecule has 0 radical (unpaired) electrons. The van der Waals surface area contributed by atoms with E-state index in [4.69, 9.17) is 10.2 Å². The van der Waals surface area contributed by atoms with Gasteiger partial charge in [-0.2, -0.15) is 0 Å². The summed E-state index contributed by atoms with van der Waals surface area (Å²) in [7, 11) is 0. The van der Waals surface area contributed by atoms with Crippen molar-refractivity contribution in [2.75, 3.05) is 0 Å². The van der Waals surface area contributed by atoms with Crippen LogP contribution in [0.25, 0.3) is 0 Å². The third-order valence-corrected chi connectivity index (χ3v) is 3.40. The molecule has 0 aromatic heterocycles. The fourth-order valence-corrected chi connectivity index (χ4v) is 2.71. The van der Waals surface area contributed by atoms with Crippen molar-refractivity contribution in [3.63, 3.8) is 0 Å². The van der Waals surface area contributed by atoms with Crippen molar-refractivity contribution >= 4 is 49.7 Å². The van der Waals surface area contributed by atoms with Crippen LogP contribution < -0.4 is 0 Å². The van der Waals surface area contributed by atoms with Gasteiger partial charge in [0.05, 0.1) is 11.8 Å². The van der Waals surface area contributed by atoms with Crippen LogP contribution >= 0.6 is 0 Å². The van der Waals surface area contributed by atoms with Crippen molar-refractivity contribution in [3.05, 3.63) is 0 Å². The summed E-state index contributed by atoms with van der Waals surface area (Å²) >= 11 is 0. The molecule has 1 aliphatic carbocycles. The predicted molar refractivity (Wildman–Crippen MR) is 67.6 cm³/mol. The molecule has 0 bridgehead atoms. The third-order valence-electron chi connectivity index (χ3n) is 3.40. The Labute approximate surface area is 132 Å². The van der Waals surface area contributed by atoms with Gasteiger partial charge in [0.2, 0.25) is 0 Å². The Morgan fingerprint density at radius 2 is 1.65 bits per heavy atom. The van der Waals surface area contributed by atoms with Gasteiger partial charge < -0.3 is 10.2 Å².